The number of aromatic carboxylic acids is 1. The molecule has 2 rings (SSSR count). The number of carboxylic acid groups (broad SMARTS) is 1. The Balaban J connectivity index is 2.08. The van der Waals surface area contributed by atoms with E-state index in [4.69, 9.17) is 9.52 Å². The van der Waals surface area contributed by atoms with Gasteiger partial charge in [-0.1, -0.05) is 6.92 Å². The average Bonchev–Trinajstić information content (AvgIpc) is 2.86. The number of hydrogen-bond acceptors (Lipinski definition) is 3. The first-order valence-electron chi connectivity index (χ1n) is 5.76. The fourth-order valence-electron chi connectivity index (χ4n) is 2.40. The molecule has 0 aliphatic carbocycles. The third-order valence-electron chi connectivity index (χ3n) is 3.29. The van der Waals surface area contributed by atoms with Crippen molar-refractivity contribution < 1.29 is 14.3 Å². The lowest BCUT2D eigenvalue weighted by molar-refractivity contribution is 0.0692. The van der Waals surface area contributed by atoms with Crippen LogP contribution >= 0.6 is 0 Å². The van der Waals surface area contributed by atoms with E-state index in [0.29, 0.717) is 23.9 Å². The van der Waals surface area contributed by atoms with Gasteiger partial charge in [0.05, 0.1) is 12.8 Å². The minimum absolute atomic E-state index is 0.293. The largest absolute Gasteiger partial charge is 0.478 e. The van der Waals surface area contributed by atoms with Crippen LogP contribution in [0.25, 0.3) is 0 Å². The van der Waals surface area contributed by atoms with Crippen molar-refractivity contribution in [1.29, 1.82) is 0 Å². The molecule has 16 heavy (non-hydrogen) atoms. The summed E-state index contributed by atoms with van der Waals surface area (Å²) in [5.41, 5.74) is 0.293. The number of rotatable bonds is 4. The number of carboxylic acids is 1. The fourth-order valence-corrected chi connectivity index (χ4v) is 2.40. The molecule has 0 saturated carbocycles. The van der Waals surface area contributed by atoms with E-state index in [9.17, 15) is 4.79 Å². The third-order valence-corrected chi connectivity index (χ3v) is 3.29. The van der Waals surface area contributed by atoms with Gasteiger partial charge in [0, 0.05) is 6.04 Å². The number of furan rings is 1. The highest BCUT2D eigenvalue weighted by Gasteiger charge is 2.25. The minimum Gasteiger partial charge on any atom is -0.478 e. The SMILES string of the molecule is CCC1CCCN1Cc1occc1C(=O)O. The second-order valence-corrected chi connectivity index (χ2v) is 4.24. The van der Waals surface area contributed by atoms with Gasteiger partial charge in [0.25, 0.3) is 0 Å². The number of carbonyl (C=O) groups is 1. The van der Waals surface area contributed by atoms with Crippen LogP contribution in [0, 0.1) is 0 Å². The Morgan fingerprint density at radius 2 is 2.50 bits per heavy atom. The molecule has 4 nitrogen and oxygen atoms in total. The molecule has 0 bridgehead atoms. The summed E-state index contributed by atoms with van der Waals surface area (Å²) in [5.74, 6) is -0.330. The van der Waals surface area contributed by atoms with Crippen LogP contribution in [0.2, 0.25) is 0 Å². The molecule has 1 aromatic rings. The zero-order valence-corrected chi connectivity index (χ0v) is 9.48. The van der Waals surface area contributed by atoms with Crippen molar-refractivity contribution in [2.75, 3.05) is 6.54 Å². The first kappa shape index (κ1) is 11.2. The van der Waals surface area contributed by atoms with Gasteiger partial charge in [0.2, 0.25) is 0 Å². The smallest absolute Gasteiger partial charge is 0.339 e. The Morgan fingerprint density at radius 3 is 3.19 bits per heavy atom. The zero-order chi connectivity index (χ0) is 11.5. The lowest BCUT2D eigenvalue weighted by Crippen LogP contribution is -2.28. The maximum atomic E-state index is 10.9. The van der Waals surface area contributed by atoms with Gasteiger partial charge in [0.15, 0.2) is 0 Å². The van der Waals surface area contributed by atoms with Crippen molar-refractivity contribution in [3.8, 4) is 0 Å². The van der Waals surface area contributed by atoms with Crippen molar-refractivity contribution in [3.63, 3.8) is 0 Å². The molecule has 0 amide bonds. The van der Waals surface area contributed by atoms with Crippen molar-refractivity contribution in [2.45, 2.75) is 38.8 Å². The topological polar surface area (TPSA) is 53.7 Å². The second-order valence-electron chi connectivity index (χ2n) is 4.24. The summed E-state index contributed by atoms with van der Waals surface area (Å²) in [6, 6.07) is 2.10. The first-order valence-corrected chi connectivity index (χ1v) is 5.76. The molecule has 1 aliphatic heterocycles. The monoisotopic (exact) mass is 223 g/mol. The first-order chi connectivity index (χ1) is 7.72. The van der Waals surface area contributed by atoms with E-state index in [1.807, 2.05) is 0 Å². The Labute approximate surface area is 94.9 Å². The Hall–Kier alpha value is -1.29. The van der Waals surface area contributed by atoms with Crippen LogP contribution < -0.4 is 0 Å². The average molecular weight is 223 g/mol. The van der Waals surface area contributed by atoms with Crippen LogP contribution in [0.4, 0.5) is 0 Å². The van der Waals surface area contributed by atoms with Gasteiger partial charge in [0.1, 0.15) is 11.3 Å². The predicted octanol–water partition coefficient (Wildman–Crippen LogP) is 2.35. The Morgan fingerprint density at radius 1 is 1.69 bits per heavy atom. The lowest BCUT2D eigenvalue weighted by atomic mass is 10.1. The van der Waals surface area contributed by atoms with Crippen molar-refractivity contribution in [1.82, 2.24) is 4.90 Å². The molecule has 1 atom stereocenters. The third kappa shape index (κ3) is 2.11. The van der Waals surface area contributed by atoms with Gasteiger partial charge in [-0.25, -0.2) is 4.79 Å². The zero-order valence-electron chi connectivity index (χ0n) is 9.48. The molecule has 1 fully saturated rings. The molecule has 1 unspecified atom stereocenters. The minimum atomic E-state index is -0.906. The van der Waals surface area contributed by atoms with E-state index in [1.54, 1.807) is 0 Å². The standard InChI is InChI=1S/C12H17NO3/c1-2-9-4-3-6-13(9)8-11-10(12(14)15)5-7-16-11/h5,7,9H,2-4,6,8H2,1H3,(H,14,15). The normalized spacial score (nSPS) is 21.4. The molecule has 1 aromatic heterocycles. The van der Waals surface area contributed by atoms with Crippen LogP contribution in [-0.4, -0.2) is 28.6 Å². The summed E-state index contributed by atoms with van der Waals surface area (Å²) in [6.07, 6.45) is 4.97. The van der Waals surface area contributed by atoms with Gasteiger partial charge in [-0.2, -0.15) is 0 Å². The van der Waals surface area contributed by atoms with Gasteiger partial charge in [-0.05, 0) is 31.9 Å². The molecule has 1 aliphatic rings. The highest BCUT2D eigenvalue weighted by Crippen LogP contribution is 2.23. The van der Waals surface area contributed by atoms with Crippen LogP contribution in [0.15, 0.2) is 16.7 Å². The lowest BCUT2D eigenvalue weighted by Gasteiger charge is -2.22. The summed E-state index contributed by atoms with van der Waals surface area (Å²) in [5, 5.41) is 8.97. The predicted molar refractivity (Wildman–Crippen MR) is 59.4 cm³/mol. The Kier molecular flexibility index (Phi) is 3.29. The summed E-state index contributed by atoms with van der Waals surface area (Å²) in [4.78, 5) is 13.2. The molecule has 0 spiro atoms. The number of nitrogens with zero attached hydrogens (tertiary/aromatic N) is 1. The quantitative estimate of drug-likeness (QED) is 0.851. The Bertz CT molecular complexity index is 372. The number of likely N-dealkylation sites (tertiary alicyclic amines) is 1. The van der Waals surface area contributed by atoms with Crippen LogP contribution in [0.5, 0.6) is 0 Å². The summed E-state index contributed by atoms with van der Waals surface area (Å²) in [7, 11) is 0. The molecular weight excluding hydrogens is 206 g/mol. The van der Waals surface area contributed by atoms with Crippen LogP contribution in [-0.2, 0) is 6.54 Å². The van der Waals surface area contributed by atoms with E-state index >= 15 is 0 Å². The fraction of sp³-hybridized carbons (Fsp3) is 0.583. The maximum Gasteiger partial charge on any atom is 0.339 e. The molecular formula is C12H17NO3. The summed E-state index contributed by atoms with van der Waals surface area (Å²) in [6.45, 7) is 3.83. The van der Waals surface area contributed by atoms with Crippen molar-refractivity contribution >= 4 is 5.97 Å². The van der Waals surface area contributed by atoms with E-state index < -0.39 is 5.97 Å². The van der Waals surface area contributed by atoms with Gasteiger partial charge in [-0.3, -0.25) is 4.90 Å². The molecule has 0 radical (unpaired) electrons. The van der Waals surface area contributed by atoms with E-state index in [-0.39, 0.29) is 0 Å². The van der Waals surface area contributed by atoms with Crippen LogP contribution in [0.1, 0.15) is 42.3 Å². The molecule has 2 heterocycles. The van der Waals surface area contributed by atoms with Gasteiger partial charge < -0.3 is 9.52 Å². The molecule has 88 valence electrons. The van der Waals surface area contributed by atoms with E-state index in [1.165, 1.54) is 25.2 Å². The van der Waals surface area contributed by atoms with Crippen LogP contribution in [0.3, 0.4) is 0 Å². The van der Waals surface area contributed by atoms with Crippen molar-refractivity contribution in [2.24, 2.45) is 0 Å². The van der Waals surface area contributed by atoms with E-state index in [0.717, 1.165) is 13.0 Å². The summed E-state index contributed by atoms with van der Waals surface area (Å²) < 4.78 is 5.26. The summed E-state index contributed by atoms with van der Waals surface area (Å²) >= 11 is 0. The highest BCUT2D eigenvalue weighted by atomic mass is 16.4. The second kappa shape index (κ2) is 4.70. The maximum absolute atomic E-state index is 10.9. The molecule has 1 saturated heterocycles. The van der Waals surface area contributed by atoms with Crippen molar-refractivity contribution in [3.05, 3.63) is 23.7 Å². The van der Waals surface area contributed by atoms with Gasteiger partial charge in [-0.15, -0.1) is 0 Å². The molecule has 4 heteroatoms. The van der Waals surface area contributed by atoms with Gasteiger partial charge >= 0.3 is 5.97 Å². The highest BCUT2D eigenvalue weighted by molar-refractivity contribution is 5.88. The van der Waals surface area contributed by atoms with E-state index in [2.05, 4.69) is 11.8 Å². The number of hydrogen-bond donors (Lipinski definition) is 1. The molecule has 0 aromatic carbocycles. The molecule has 1 N–H and O–H groups in total.